The molecule has 0 aliphatic rings. The number of anilines is 1. The number of hydrogen-bond acceptors (Lipinski definition) is 7. The van der Waals surface area contributed by atoms with Crippen LogP contribution in [0.1, 0.15) is 19.6 Å². The first-order valence-corrected chi connectivity index (χ1v) is 9.03. The molecule has 26 heavy (non-hydrogen) atoms. The number of hydrogen-bond donors (Lipinski definition) is 1. The van der Waals surface area contributed by atoms with Gasteiger partial charge in [-0.3, -0.25) is 4.79 Å². The van der Waals surface area contributed by atoms with Crippen LogP contribution >= 0.6 is 11.8 Å². The summed E-state index contributed by atoms with van der Waals surface area (Å²) in [6, 6.07) is 9.07. The summed E-state index contributed by atoms with van der Waals surface area (Å²) in [6.07, 6.45) is 1.56. The molecule has 2 aromatic heterocycles. The first kappa shape index (κ1) is 18.1. The van der Waals surface area contributed by atoms with E-state index >= 15 is 0 Å². The van der Waals surface area contributed by atoms with Crippen LogP contribution < -0.4 is 10.1 Å². The summed E-state index contributed by atoms with van der Waals surface area (Å²) in [5, 5.41) is 10.8. The number of rotatable bonds is 7. The highest BCUT2D eigenvalue weighted by atomic mass is 32.2. The topological polar surface area (TPSA) is 90.4 Å². The summed E-state index contributed by atoms with van der Waals surface area (Å²) in [5.41, 5.74) is 1.37. The molecule has 0 saturated heterocycles. The lowest BCUT2D eigenvalue weighted by Gasteiger charge is -2.13. The Morgan fingerprint density at radius 3 is 2.85 bits per heavy atom. The SMILES string of the molecule is CCOc1ccccc1NC(=O)[C@@H](C)Sc1nnc(-c2ccoc2C)o1. The number of furan rings is 1. The molecule has 1 N–H and O–H groups in total. The van der Waals surface area contributed by atoms with Gasteiger partial charge in [0.15, 0.2) is 0 Å². The zero-order valence-electron chi connectivity index (χ0n) is 14.7. The first-order chi connectivity index (χ1) is 12.6. The number of benzene rings is 1. The van der Waals surface area contributed by atoms with Crippen LogP contribution in [-0.4, -0.2) is 28.0 Å². The summed E-state index contributed by atoms with van der Waals surface area (Å²) in [6.45, 7) is 6.01. The molecule has 0 unspecified atom stereocenters. The second-order valence-corrected chi connectivity index (χ2v) is 6.73. The Bertz CT molecular complexity index is 890. The number of nitrogens with zero attached hydrogens (tertiary/aromatic N) is 2. The normalized spacial score (nSPS) is 12.0. The van der Waals surface area contributed by atoms with Gasteiger partial charge in [0.05, 0.1) is 29.4 Å². The van der Waals surface area contributed by atoms with Crippen molar-refractivity contribution < 1.29 is 18.4 Å². The highest BCUT2D eigenvalue weighted by Crippen LogP contribution is 2.29. The summed E-state index contributed by atoms with van der Waals surface area (Å²) in [4.78, 5) is 12.5. The molecule has 0 aliphatic heterocycles. The molecule has 0 saturated carbocycles. The number of aryl methyl sites for hydroxylation is 1. The van der Waals surface area contributed by atoms with Gasteiger partial charge in [0.2, 0.25) is 5.91 Å². The molecule has 0 spiro atoms. The van der Waals surface area contributed by atoms with Crippen LogP contribution in [-0.2, 0) is 4.79 Å². The average molecular weight is 373 g/mol. The van der Waals surface area contributed by atoms with Crippen molar-refractivity contribution in [3.63, 3.8) is 0 Å². The van der Waals surface area contributed by atoms with E-state index in [2.05, 4.69) is 15.5 Å². The fourth-order valence-electron chi connectivity index (χ4n) is 2.26. The molecule has 1 atom stereocenters. The van der Waals surface area contributed by atoms with Gasteiger partial charge in [-0.1, -0.05) is 23.9 Å². The lowest BCUT2D eigenvalue weighted by Crippen LogP contribution is -2.22. The minimum absolute atomic E-state index is 0.179. The van der Waals surface area contributed by atoms with Crippen LogP contribution in [0.15, 0.2) is 50.7 Å². The van der Waals surface area contributed by atoms with Crippen LogP contribution in [0.2, 0.25) is 0 Å². The highest BCUT2D eigenvalue weighted by Gasteiger charge is 2.20. The number of carbonyl (C=O) groups is 1. The van der Waals surface area contributed by atoms with Gasteiger partial charge in [0, 0.05) is 0 Å². The number of thioether (sulfide) groups is 1. The van der Waals surface area contributed by atoms with Gasteiger partial charge in [0.25, 0.3) is 11.1 Å². The van der Waals surface area contributed by atoms with Crippen molar-refractivity contribution in [2.75, 3.05) is 11.9 Å². The van der Waals surface area contributed by atoms with Crippen LogP contribution in [0, 0.1) is 6.92 Å². The van der Waals surface area contributed by atoms with E-state index in [-0.39, 0.29) is 5.91 Å². The molecule has 3 aromatic rings. The van der Waals surface area contributed by atoms with E-state index in [9.17, 15) is 4.79 Å². The predicted octanol–water partition coefficient (Wildman–Crippen LogP) is 4.16. The summed E-state index contributed by atoms with van der Waals surface area (Å²) in [7, 11) is 0. The van der Waals surface area contributed by atoms with Crippen molar-refractivity contribution >= 4 is 23.4 Å². The number of ether oxygens (including phenoxy) is 1. The number of aromatic nitrogens is 2. The zero-order chi connectivity index (χ0) is 18.5. The minimum Gasteiger partial charge on any atom is -0.492 e. The van der Waals surface area contributed by atoms with E-state index in [1.54, 1.807) is 25.3 Å². The van der Waals surface area contributed by atoms with E-state index in [0.29, 0.717) is 34.9 Å². The molecule has 0 bridgehead atoms. The number of amides is 1. The van der Waals surface area contributed by atoms with Crippen molar-refractivity contribution in [1.82, 2.24) is 10.2 Å². The first-order valence-electron chi connectivity index (χ1n) is 8.15. The molecular weight excluding hydrogens is 354 g/mol. The van der Waals surface area contributed by atoms with Gasteiger partial charge in [-0.2, -0.15) is 0 Å². The molecule has 0 aliphatic carbocycles. The fourth-order valence-corrected chi connectivity index (χ4v) is 2.95. The van der Waals surface area contributed by atoms with Crippen molar-refractivity contribution in [2.45, 2.75) is 31.2 Å². The Hall–Kier alpha value is -2.74. The largest absolute Gasteiger partial charge is 0.492 e. The van der Waals surface area contributed by atoms with Crippen molar-refractivity contribution in [2.24, 2.45) is 0 Å². The van der Waals surface area contributed by atoms with E-state index in [4.69, 9.17) is 13.6 Å². The Kier molecular flexibility index (Phi) is 5.62. The maximum atomic E-state index is 12.5. The van der Waals surface area contributed by atoms with Crippen LogP contribution in [0.3, 0.4) is 0 Å². The third-order valence-corrected chi connectivity index (χ3v) is 4.52. The summed E-state index contributed by atoms with van der Waals surface area (Å²) >= 11 is 1.19. The van der Waals surface area contributed by atoms with Gasteiger partial charge < -0.3 is 18.9 Å². The van der Waals surface area contributed by atoms with Gasteiger partial charge >= 0.3 is 0 Å². The highest BCUT2D eigenvalue weighted by molar-refractivity contribution is 8.00. The Morgan fingerprint density at radius 1 is 1.31 bits per heavy atom. The van der Waals surface area contributed by atoms with Crippen LogP contribution in [0.5, 0.6) is 5.75 Å². The van der Waals surface area contributed by atoms with E-state index in [1.165, 1.54) is 11.8 Å². The fraction of sp³-hybridized carbons (Fsp3) is 0.278. The van der Waals surface area contributed by atoms with Crippen molar-refractivity contribution in [3.05, 3.63) is 42.4 Å². The van der Waals surface area contributed by atoms with Gasteiger partial charge in [0.1, 0.15) is 11.5 Å². The van der Waals surface area contributed by atoms with Crippen molar-refractivity contribution in [1.29, 1.82) is 0 Å². The molecule has 0 fully saturated rings. The Labute approximate surface area is 155 Å². The number of nitrogens with one attached hydrogen (secondary N) is 1. The molecular formula is C18H19N3O4S. The van der Waals surface area contributed by atoms with E-state index in [0.717, 1.165) is 5.56 Å². The monoisotopic (exact) mass is 373 g/mol. The summed E-state index contributed by atoms with van der Waals surface area (Å²) < 4.78 is 16.4. The Morgan fingerprint density at radius 2 is 2.12 bits per heavy atom. The van der Waals surface area contributed by atoms with Gasteiger partial charge in [-0.05, 0) is 39.0 Å². The molecule has 1 amide bonds. The smallest absolute Gasteiger partial charge is 0.277 e. The second-order valence-electron chi connectivity index (χ2n) is 5.44. The third-order valence-electron chi connectivity index (χ3n) is 3.59. The minimum atomic E-state index is -0.427. The molecule has 2 heterocycles. The number of para-hydroxylation sites is 2. The quantitative estimate of drug-likeness (QED) is 0.622. The van der Waals surface area contributed by atoms with Gasteiger partial charge in [-0.25, -0.2) is 0 Å². The Balaban J connectivity index is 1.65. The molecule has 8 heteroatoms. The molecule has 7 nitrogen and oxygen atoms in total. The maximum Gasteiger partial charge on any atom is 0.277 e. The summed E-state index contributed by atoms with van der Waals surface area (Å²) in [5.74, 6) is 1.52. The van der Waals surface area contributed by atoms with Crippen LogP contribution in [0.25, 0.3) is 11.5 Å². The number of carbonyl (C=O) groups excluding carboxylic acids is 1. The standard InChI is InChI=1S/C18H19N3O4S/c1-4-23-15-8-6-5-7-14(15)19-16(22)12(3)26-18-21-20-17(25-18)13-9-10-24-11(13)2/h5-10,12H,4H2,1-3H3,(H,19,22)/t12-/m1/s1. The lowest BCUT2D eigenvalue weighted by atomic mass is 10.3. The molecule has 136 valence electrons. The van der Waals surface area contributed by atoms with Gasteiger partial charge in [-0.15, -0.1) is 10.2 Å². The molecule has 3 rings (SSSR count). The average Bonchev–Trinajstić information content (AvgIpc) is 3.25. The third kappa shape index (κ3) is 4.08. The zero-order valence-corrected chi connectivity index (χ0v) is 15.5. The lowest BCUT2D eigenvalue weighted by molar-refractivity contribution is -0.115. The molecule has 1 aromatic carbocycles. The maximum absolute atomic E-state index is 12.5. The van der Waals surface area contributed by atoms with E-state index < -0.39 is 5.25 Å². The predicted molar refractivity (Wildman–Crippen MR) is 98.3 cm³/mol. The second kappa shape index (κ2) is 8.09. The van der Waals surface area contributed by atoms with Crippen LogP contribution in [0.4, 0.5) is 5.69 Å². The molecule has 0 radical (unpaired) electrons. The van der Waals surface area contributed by atoms with Crippen molar-refractivity contribution in [3.8, 4) is 17.2 Å². The van der Waals surface area contributed by atoms with E-state index in [1.807, 2.05) is 32.0 Å².